The molecule has 0 aliphatic carbocycles. The highest BCUT2D eigenvalue weighted by atomic mass is 16.5. The number of morpholine rings is 1. The maximum atomic E-state index is 5.45. The largest absolute Gasteiger partial charge is 0.379 e. The van der Waals surface area contributed by atoms with Crippen molar-refractivity contribution in [3.05, 3.63) is 0 Å². The van der Waals surface area contributed by atoms with Crippen molar-refractivity contribution in [2.24, 2.45) is 5.92 Å². The van der Waals surface area contributed by atoms with E-state index in [9.17, 15) is 0 Å². The fourth-order valence-electron chi connectivity index (χ4n) is 2.40. The van der Waals surface area contributed by atoms with Gasteiger partial charge >= 0.3 is 0 Å². The van der Waals surface area contributed by atoms with Crippen molar-refractivity contribution < 1.29 is 4.74 Å². The van der Waals surface area contributed by atoms with Gasteiger partial charge in [-0.1, -0.05) is 26.7 Å². The molecular formula is C15H32N2O. The maximum Gasteiger partial charge on any atom is 0.0619 e. The zero-order valence-electron chi connectivity index (χ0n) is 12.6. The summed E-state index contributed by atoms with van der Waals surface area (Å²) in [6.45, 7) is 13.4. The Balaban J connectivity index is 1.86. The lowest BCUT2D eigenvalue weighted by atomic mass is 10.1. The summed E-state index contributed by atoms with van der Waals surface area (Å²) in [5.41, 5.74) is 0. The van der Waals surface area contributed by atoms with Crippen molar-refractivity contribution in [3.8, 4) is 0 Å². The monoisotopic (exact) mass is 256 g/mol. The molecule has 1 unspecified atom stereocenters. The molecule has 108 valence electrons. The minimum Gasteiger partial charge on any atom is -0.379 e. The Morgan fingerprint density at radius 1 is 1.22 bits per heavy atom. The molecule has 0 aromatic rings. The highest BCUT2D eigenvalue weighted by Crippen LogP contribution is 2.08. The minimum atomic E-state index is 0.617. The van der Waals surface area contributed by atoms with Gasteiger partial charge in [0.05, 0.1) is 13.2 Å². The first-order valence-corrected chi connectivity index (χ1v) is 7.72. The summed E-state index contributed by atoms with van der Waals surface area (Å²) in [5.74, 6) is 0.771. The minimum absolute atomic E-state index is 0.617. The Kier molecular flexibility index (Phi) is 8.64. The van der Waals surface area contributed by atoms with Crippen LogP contribution in [0.15, 0.2) is 0 Å². The molecule has 0 amide bonds. The average molecular weight is 256 g/mol. The second kappa shape index (κ2) is 9.76. The van der Waals surface area contributed by atoms with Gasteiger partial charge in [0.25, 0.3) is 0 Å². The summed E-state index contributed by atoms with van der Waals surface area (Å²) in [7, 11) is 0. The van der Waals surface area contributed by atoms with Crippen molar-refractivity contribution in [1.29, 1.82) is 0 Å². The maximum absolute atomic E-state index is 5.45. The van der Waals surface area contributed by atoms with Gasteiger partial charge in [0.1, 0.15) is 0 Å². The van der Waals surface area contributed by atoms with Gasteiger partial charge < -0.3 is 10.1 Å². The van der Waals surface area contributed by atoms with Crippen molar-refractivity contribution in [1.82, 2.24) is 10.2 Å². The van der Waals surface area contributed by atoms with Gasteiger partial charge in [-0.3, -0.25) is 4.90 Å². The summed E-state index contributed by atoms with van der Waals surface area (Å²) < 4.78 is 5.45. The number of nitrogens with one attached hydrogen (secondary N) is 1. The van der Waals surface area contributed by atoms with E-state index in [2.05, 4.69) is 31.0 Å². The molecule has 1 heterocycles. The van der Waals surface area contributed by atoms with E-state index < -0.39 is 0 Å². The predicted molar refractivity (Wildman–Crippen MR) is 78.0 cm³/mol. The van der Waals surface area contributed by atoms with Crippen LogP contribution in [0.25, 0.3) is 0 Å². The van der Waals surface area contributed by atoms with Crippen LogP contribution in [0.4, 0.5) is 0 Å². The molecule has 0 bridgehead atoms. The number of nitrogens with zero attached hydrogens (tertiary/aromatic N) is 1. The van der Waals surface area contributed by atoms with Gasteiger partial charge in [-0.25, -0.2) is 0 Å². The van der Waals surface area contributed by atoms with Crippen LogP contribution in [0.5, 0.6) is 0 Å². The number of unbranched alkanes of at least 4 members (excludes halogenated alkanes) is 3. The van der Waals surface area contributed by atoms with Crippen molar-refractivity contribution in [3.63, 3.8) is 0 Å². The molecule has 1 aliphatic heterocycles. The molecule has 0 spiro atoms. The van der Waals surface area contributed by atoms with Crippen molar-refractivity contribution >= 4 is 0 Å². The molecule has 1 aliphatic rings. The zero-order valence-corrected chi connectivity index (χ0v) is 12.6. The lowest BCUT2D eigenvalue weighted by molar-refractivity contribution is -0.000914. The third-order valence-corrected chi connectivity index (χ3v) is 3.61. The molecule has 1 atom stereocenters. The summed E-state index contributed by atoms with van der Waals surface area (Å²) in [5, 5.41) is 3.51. The standard InChI is InChI=1S/C15H32N2O/c1-14(2)12-16-8-6-4-5-7-9-17-10-11-18-13-15(17)3/h14-16H,4-13H2,1-3H3. The van der Waals surface area contributed by atoms with E-state index in [4.69, 9.17) is 4.74 Å². The van der Waals surface area contributed by atoms with Crippen LogP contribution >= 0.6 is 0 Å². The molecule has 1 rings (SSSR count). The van der Waals surface area contributed by atoms with Gasteiger partial charge in [-0.2, -0.15) is 0 Å². The van der Waals surface area contributed by atoms with E-state index in [1.165, 1.54) is 38.8 Å². The number of hydrogen-bond acceptors (Lipinski definition) is 3. The van der Waals surface area contributed by atoms with Crippen molar-refractivity contribution in [2.45, 2.75) is 52.5 Å². The fraction of sp³-hybridized carbons (Fsp3) is 1.00. The van der Waals surface area contributed by atoms with Gasteiger partial charge in [0.15, 0.2) is 0 Å². The fourth-order valence-corrected chi connectivity index (χ4v) is 2.40. The third-order valence-electron chi connectivity index (χ3n) is 3.61. The summed E-state index contributed by atoms with van der Waals surface area (Å²) in [6.07, 6.45) is 5.40. The lowest BCUT2D eigenvalue weighted by Gasteiger charge is -2.33. The Hall–Kier alpha value is -0.120. The smallest absolute Gasteiger partial charge is 0.0619 e. The number of rotatable bonds is 9. The van der Waals surface area contributed by atoms with Gasteiger partial charge in [0, 0.05) is 12.6 Å². The normalized spacial score (nSPS) is 21.7. The Labute approximate surface area is 113 Å². The highest BCUT2D eigenvalue weighted by Gasteiger charge is 2.17. The van der Waals surface area contributed by atoms with E-state index in [-0.39, 0.29) is 0 Å². The highest BCUT2D eigenvalue weighted by molar-refractivity contribution is 4.70. The molecule has 0 aromatic heterocycles. The topological polar surface area (TPSA) is 24.5 Å². The van der Waals surface area contributed by atoms with Crippen LogP contribution in [0.1, 0.15) is 46.5 Å². The van der Waals surface area contributed by atoms with Gasteiger partial charge in [-0.05, 0) is 45.3 Å². The first-order valence-electron chi connectivity index (χ1n) is 7.72. The van der Waals surface area contributed by atoms with Crippen LogP contribution in [-0.2, 0) is 4.74 Å². The number of ether oxygens (including phenoxy) is 1. The van der Waals surface area contributed by atoms with E-state index >= 15 is 0 Å². The Morgan fingerprint density at radius 3 is 2.72 bits per heavy atom. The molecular weight excluding hydrogens is 224 g/mol. The summed E-state index contributed by atoms with van der Waals surface area (Å²) in [4.78, 5) is 2.57. The third kappa shape index (κ3) is 7.34. The van der Waals surface area contributed by atoms with Crippen LogP contribution < -0.4 is 5.32 Å². The van der Waals surface area contributed by atoms with Crippen LogP contribution in [0, 0.1) is 5.92 Å². The molecule has 3 nitrogen and oxygen atoms in total. The molecule has 1 fully saturated rings. The predicted octanol–water partition coefficient (Wildman–Crippen LogP) is 2.51. The molecule has 0 radical (unpaired) electrons. The van der Waals surface area contributed by atoms with Crippen LogP contribution in [0.3, 0.4) is 0 Å². The van der Waals surface area contributed by atoms with Crippen LogP contribution in [0.2, 0.25) is 0 Å². The van der Waals surface area contributed by atoms with Gasteiger partial charge in [-0.15, -0.1) is 0 Å². The van der Waals surface area contributed by atoms with E-state index in [0.29, 0.717) is 6.04 Å². The van der Waals surface area contributed by atoms with Crippen molar-refractivity contribution in [2.75, 3.05) is 39.4 Å². The SMILES string of the molecule is CC(C)CNCCCCCCN1CCOCC1C. The molecule has 0 saturated carbocycles. The molecule has 1 saturated heterocycles. The van der Waals surface area contributed by atoms with E-state index in [0.717, 1.165) is 32.2 Å². The lowest BCUT2D eigenvalue weighted by Crippen LogP contribution is -2.43. The Morgan fingerprint density at radius 2 is 2.00 bits per heavy atom. The molecule has 3 heteroatoms. The first kappa shape index (κ1) is 15.9. The zero-order chi connectivity index (χ0) is 13.2. The number of hydrogen-bond donors (Lipinski definition) is 1. The van der Waals surface area contributed by atoms with E-state index in [1.807, 2.05) is 0 Å². The first-order chi connectivity index (χ1) is 8.70. The summed E-state index contributed by atoms with van der Waals surface area (Å²) >= 11 is 0. The molecule has 0 aromatic carbocycles. The second-order valence-electron chi connectivity index (χ2n) is 5.97. The average Bonchev–Trinajstić information content (AvgIpc) is 2.34. The molecule has 18 heavy (non-hydrogen) atoms. The quantitative estimate of drug-likeness (QED) is 0.642. The second-order valence-corrected chi connectivity index (χ2v) is 5.97. The van der Waals surface area contributed by atoms with Crippen LogP contribution in [-0.4, -0.2) is 50.3 Å². The van der Waals surface area contributed by atoms with Gasteiger partial charge in [0.2, 0.25) is 0 Å². The Bertz CT molecular complexity index is 197. The molecule has 1 N–H and O–H groups in total. The summed E-state index contributed by atoms with van der Waals surface area (Å²) in [6, 6.07) is 0.617. The van der Waals surface area contributed by atoms with E-state index in [1.54, 1.807) is 0 Å².